The SMILES string of the molecule is CC(C)(C)OC(=O)N1CCC[C@H]1c1nc2ccc(Br)cc2c(=O)[nH]1. The number of benzene rings is 1. The van der Waals surface area contributed by atoms with Gasteiger partial charge in [-0.2, -0.15) is 0 Å². The van der Waals surface area contributed by atoms with Crippen LogP contribution < -0.4 is 5.56 Å². The van der Waals surface area contributed by atoms with Gasteiger partial charge in [-0.3, -0.25) is 9.69 Å². The maximum atomic E-state index is 12.4. The predicted molar refractivity (Wildman–Crippen MR) is 95.0 cm³/mol. The van der Waals surface area contributed by atoms with Gasteiger partial charge in [0.2, 0.25) is 0 Å². The molecule has 0 unspecified atom stereocenters. The van der Waals surface area contributed by atoms with E-state index in [1.165, 1.54) is 0 Å². The van der Waals surface area contributed by atoms with Gasteiger partial charge in [0.1, 0.15) is 11.4 Å². The second-order valence-electron chi connectivity index (χ2n) is 6.94. The Balaban J connectivity index is 1.95. The number of nitrogens with one attached hydrogen (secondary N) is 1. The van der Waals surface area contributed by atoms with Crippen LogP contribution in [0.1, 0.15) is 45.5 Å². The molecule has 0 aliphatic carbocycles. The zero-order valence-corrected chi connectivity index (χ0v) is 15.5. The lowest BCUT2D eigenvalue weighted by atomic mass is 10.2. The molecule has 1 aliphatic rings. The van der Waals surface area contributed by atoms with Crippen LogP contribution in [0.25, 0.3) is 10.9 Å². The number of carbonyl (C=O) groups is 1. The van der Waals surface area contributed by atoms with Crippen molar-refractivity contribution >= 4 is 32.9 Å². The number of hydrogen-bond acceptors (Lipinski definition) is 4. The van der Waals surface area contributed by atoms with E-state index in [0.717, 1.165) is 17.3 Å². The van der Waals surface area contributed by atoms with Crippen LogP contribution in [-0.2, 0) is 4.74 Å². The van der Waals surface area contributed by atoms with Crippen molar-refractivity contribution in [3.63, 3.8) is 0 Å². The molecule has 3 rings (SSSR count). The molecule has 1 aromatic heterocycles. The van der Waals surface area contributed by atoms with Crippen molar-refractivity contribution in [3.05, 3.63) is 38.9 Å². The average Bonchev–Trinajstić information content (AvgIpc) is 2.95. The van der Waals surface area contributed by atoms with Crippen LogP contribution in [0.15, 0.2) is 27.5 Å². The summed E-state index contributed by atoms with van der Waals surface area (Å²) < 4.78 is 6.29. The molecule has 1 fully saturated rings. The second kappa shape index (κ2) is 6.20. The Morgan fingerprint density at radius 1 is 1.42 bits per heavy atom. The van der Waals surface area contributed by atoms with Crippen LogP contribution in [0.5, 0.6) is 0 Å². The van der Waals surface area contributed by atoms with Crippen molar-refractivity contribution in [3.8, 4) is 0 Å². The fraction of sp³-hybridized carbons (Fsp3) is 0.471. The number of nitrogens with zero attached hydrogens (tertiary/aromatic N) is 2. The van der Waals surface area contributed by atoms with Crippen LogP contribution >= 0.6 is 15.9 Å². The molecule has 7 heteroatoms. The van der Waals surface area contributed by atoms with Gasteiger partial charge in [-0.25, -0.2) is 9.78 Å². The fourth-order valence-electron chi connectivity index (χ4n) is 2.88. The normalized spacial score (nSPS) is 18.2. The first-order valence-electron chi connectivity index (χ1n) is 7.94. The molecule has 1 N–H and O–H groups in total. The summed E-state index contributed by atoms with van der Waals surface area (Å²) >= 11 is 3.36. The zero-order chi connectivity index (χ0) is 17.5. The van der Waals surface area contributed by atoms with E-state index in [4.69, 9.17) is 4.74 Å². The van der Waals surface area contributed by atoms with Crippen LogP contribution in [0.4, 0.5) is 4.79 Å². The maximum Gasteiger partial charge on any atom is 0.410 e. The number of rotatable bonds is 1. The third-order valence-electron chi connectivity index (χ3n) is 3.88. The number of ether oxygens (including phenoxy) is 1. The molecule has 1 amide bonds. The van der Waals surface area contributed by atoms with Crippen LogP contribution in [0, 0.1) is 0 Å². The van der Waals surface area contributed by atoms with Crippen LogP contribution in [0.2, 0.25) is 0 Å². The summed E-state index contributed by atoms with van der Waals surface area (Å²) in [4.78, 5) is 33.8. The topological polar surface area (TPSA) is 75.3 Å². The number of aromatic amines is 1. The predicted octanol–water partition coefficient (Wildman–Crippen LogP) is 3.76. The Labute approximate surface area is 148 Å². The first-order valence-corrected chi connectivity index (χ1v) is 8.73. The zero-order valence-electron chi connectivity index (χ0n) is 13.9. The molecule has 0 saturated carbocycles. The van der Waals surface area contributed by atoms with Crippen LogP contribution in [0.3, 0.4) is 0 Å². The molecule has 1 atom stereocenters. The highest BCUT2D eigenvalue weighted by Gasteiger charge is 2.34. The van der Waals surface area contributed by atoms with Gasteiger partial charge < -0.3 is 9.72 Å². The van der Waals surface area contributed by atoms with E-state index in [1.54, 1.807) is 17.0 Å². The molecule has 24 heavy (non-hydrogen) atoms. The van der Waals surface area contributed by atoms with Crippen LogP contribution in [-0.4, -0.2) is 33.1 Å². The molecule has 0 radical (unpaired) electrons. The Bertz CT molecular complexity index is 841. The lowest BCUT2D eigenvalue weighted by Gasteiger charge is -2.28. The molecule has 1 saturated heterocycles. The van der Waals surface area contributed by atoms with Crippen molar-refractivity contribution in [1.29, 1.82) is 0 Å². The van der Waals surface area contributed by atoms with Gasteiger partial charge >= 0.3 is 6.09 Å². The van der Waals surface area contributed by atoms with Gasteiger partial charge in [-0.15, -0.1) is 0 Å². The first-order chi connectivity index (χ1) is 11.2. The molecular weight excluding hydrogens is 374 g/mol. The van der Waals surface area contributed by atoms with E-state index < -0.39 is 5.60 Å². The molecule has 2 aromatic rings. The number of hydrogen-bond donors (Lipinski definition) is 1. The van der Waals surface area contributed by atoms with E-state index in [1.807, 2.05) is 26.8 Å². The Morgan fingerprint density at radius 3 is 2.88 bits per heavy atom. The minimum atomic E-state index is -0.555. The van der Waals surface area contributed by atoms with E-state index >= 15 is 0 Å². The summed E-state index contributed by atoms with van der Waals surface area (Å²) in [6, 6.07) is 5.12. The first kappa shape index (κ1) is 17.0. The fourth-order valence-corrected chi connectivity index (χ4v) is 3.24. The molecule has 1 aromatic carbocycles. The number of likely N-dealkylation sites (tertiary alicyclic amines) is 1. The van der Waals surface area contributed by atoms with E-state index in [9.17, 15) is 9.59 Å². The van der Waals surface area contributed by atoms with Gasteiger partial charge in [-0.1, -0.05) is 15.9 Å². The molecule has 6 nitrogen and oxygen atoms in total. The number of amides is 1. The van der Waals surface area contributed by atoms with Crippen molar-refractivity contribution < 1.29 is 9.53 Å². The minimum absolute atomic E-state index is 0.202. The second-order valence-corrected chi connectivity index (χ2v) is 7.86. The highest BCUT2D eigenvalue weighted by Crippen LogP contribution is 2.31. The molecule has 0 bridgehead atoms. The van der Waals surface area contributed by atoms with E-state index in [0.29, 0.717) is 23.3 Å². The lowest BCUT2D eigenvalue weighted by Crippen LogP contribution is -2.37. The molecule has 1 aliphatic heterocycles. The van der Waals surface area contributed by atoms with Gasteiger partial charge in [0, 0.05) is 11.0 Å². The third-order valence-corrected chi connectivity index (χ3v) is 4.38. The Morgan fingerprint density at radius 2 is 2.17 bits per heavy atom. The van der Waals surface area contributed by atoms with Crippen molar-refractivity contribution in [2.45, 2.75) is 45.3 Å². The smallest absolute Gasteiger partial charge is 0.410 e. The number of H-pyrrole nitrogens is 1. The maximum absolute atomic E-state index is 12.4. The summed E-state index contributed by atoms with van der Waals surface area (Å²) in [6.07, 6.45) is 1.24. The minimum Gasteiger partial charge on any atom is -0.444 e. The summed E-state index contributed by atoms with van der Waals surface area (Å²) in [5, 5.41) is 0.523. The number of aromatic nitrogens is 2. The number of carbonyl (C=O) groups excluding carboxylic acids is 1. The van der Waals surface area contributed by atoms with Gasteiger partial charge in [-0.05, 0) is 51.8 Å². The van der Waals surface area contributed by atoms with Gasteiger partial charge in [0.15, 0.2) is 0 Å². The van der Waals surface area contributed by atoms with E-state index in [-0.39, 0.29) is 17.7 Å². The summed E-state index contributed by atoms with van der Waals surface area (Å²) in [6.45, 7) is 6.11. The Hall–Kier alpha value is -1.89. The average molecular weight is 394 g/mol. The largest absolute Gasteiger partial charge is 0.444 e. The highest BCUT2D eigenvalue weighted by atomic mass is 79.9. The summed E-state index contributed by atoms with van der Waals surface area (Å²) in [5.41, 5.74) is -0.138. The molecule has 0 spiro atoms. The number of halogens is 1. The van der Waals surface area contributed by atoms with E-state index in [2.05, 4.69) is 25.9 Å². The standard InChI is InChI=1S/C17H20BrN3O3/c1-17(2,3)24-16(23)21-8-4-5-13(21)14-19-12-7-6-10(18)9-11(12)15(22)20-14/h6-7,9,13H,4-5,8H2,1-3H3,(H,19,20,22)/t13-/m0/s1. The van der Waals surface area contributed by atoms with Gasteiger partial charge in [0.25, 0.3) is 5.56 Å². The molecule has 2 heterocycles. The third kappa shape index (κ3) is 3.45. The van der Waals surface area contributed by atoms with Gasteiger partial charge in [0.05, 0.1) is 16.9 Å². The monoisotopic (exact) mass is 393 g/mol. The molecule has 128 valence electrons. The lowest BCUT2D eigenvalue weighted by molar-refractivity contribution is 0.0218. The van der Waals surface area contributed by atoms with Crippen molar-refractivity contribution in [2.24, 2.45) is 0 Å². The van der Waals surface area contributed by atoms with Crippen molar-refractivity contribution in [2.75, 3.05) is 6.54 Å². The number of fused-ring (bicyclic) bond motifs is 1. The summed E-state index contributed by atoms with van der Waals surface area (Å²) in [7, 11) is 0. The quantitative estimate of drug-likeness (QED) is 0.799. The summed E-state index contributed by atoms with van der Waals surface area (Å²) in [5.74, 6) is 0.512. The molecular formula is C17H20BrN3O3. The van der Waals surface area contributed by atoms with Crippen molar-refractivity contribution in [1.82, 2.24) is 14.9 Å². The Kier molecular flexibility index (Phi) is 4.38. The highest BCUT2D eigenvalue weighted by molar-refractivity contribution is 9.10.